The van der Waals surface area contributed by atoms with Crippen molar-refractivity contribution in [3.63, 3.8) is 0 Å². The molecule has 0 fully saturated rings. The van der Waals surface area contributed by atoms with Gasteiger partial charge in [0.1, 0.15) is 5.75 Å². The van der Waals surface area contributed by atoms with E-state index >= 15 is 0 Å². The van der Waals surface area contributed by atoms with Crippen LogP contribution in [0.5, 0.6) is 17.2 Å². The Bertz CT molecular complexity index is 1000. The fourth-order valence-corrected chi connectivity index (χ4v) is 2.68. The number of nitrogens with one attached hydrogen (secondary N) is 2. The van der Waals surface area contributed by atoms with E-state index in [9.17, 15) is 14.4 Å². The van der Waals surface area contributed by atoms with E-state index < -0.39 is 18.5 Å². The summed E-state index contributed by atoms with van der Waals surface area (Å²) < 4.78 is 20.9. The van der Waals surface area contributed by atoms with Crippen LogP contribution in [0.25, 0.3) is 6.08 Å². The second-order valence-corrected chi connectivity index (χ2v) is 6.43. The molecule has 2 N–H and O–H groups in total. The van der Waals surface area contributed by atoms with Crippen LogP contribution >= 0.6 is 0 Å². The molecule has 2 amide bonds. The van der Waals surface area contributed by atoms with Crippen molar-refractivity contribution in [2.24, 2.45) is 0 Å². The van der Waals surface area contributed by atoms with Gasteiger partial charge in [-0.1, -0.05) is 6.07 Å². The molecule has 0 atom stereocenters. The number of hydrogen-bond donors (Lipinski definition) is 2. The first-order valence-electron chi connectivity index (χ1n) is 9.77. The predicted octanol–water partition coefficient (Wildman–Crippen LogP) is 3.26. The second-order valence-electron chi connectivity index (χ2n) is 6.43. The SMILES string of the molecule is CCOc1ccc(/C=C/C(=O)OCC(=O)Nc2cc(NC(C)=O)ccc2OC)cc1OC. The molecule has 0 aliphatic rings. The largest absolute Gasteiger partial charge is 0.495 e. The summed E-state index contributed by atoms with van der Waals surface area (Å²) >= 11 is 0. The maximum Gasteiger partial charge on any atom is 0.331 e. The zero-order chi connectivity index (χ0) is 23.5. The molecule has 2 aromatic carbocycles. The van der Waals surface area contributed by atoms with Crippen LogP contribution < -0.4 is 24.8 Å². The van der Waals surface area contributed by atoms with E-state index in [4.69, 9.17) is 18.9 Å². The van der Waals surface area contributed by atoms with Gasteiger partial charge in [0.15, 0.2) is 18.1 Å². The van der Waals surface area contributed by atoms with E-state index in [1.165, 1.54) is 27.2 Å². The van der Waals surface area contributed by atoms with E-state index in [-0.39, 0.29) is 5.91 Å². The first-order valence-corrected chi connectivity index (χ1v) is 9.77. The average Bonchev–Trinajstić information content (AvgIpc) is 2.77. The molecular weight excluding hydrogens is 416 g/mol. The molecule has 0 bridgehead atoms. The van der Waals surface area contributed by atoms with Crippen molar-refractivity contribution in [1.29, 1.82) is 0 Å². The first kappa shape index (κ1) is 24.3. The Hall–Kier alpha value is -4.01. The number of ether oxygens (including phenoxy) is 4. The Morgan fingerprint density at radius 2 is 1.66 bits per heavy atom. The van der Waals surface area contributed by atoms with Crippen LogP contribution in [0.1, 0.15) is 19.4 Å². The van der Waals surface area contributed by atoms with Gasteiger partial charge in [0.05, 0.1) is 26.5 Å². The molecule has 9 nitrogen and oxygen atoms in total. The van der Waals surface area contributed by atoms with Gasteiger partial charge in [-0.2, -0.15) is 0 Å². The highest BCUT2D eigenvalue weighted by Crippen LogP contribution is 2.29. The van der Waals surface area contributed by atoms with Gasteiger partial charge in [-0.3, -0.25) is 9.59 Å². The molecule has 0 aliphatic heterocycles. The molecule has 2 rings (SSSR count). The van der Waals surface area contributed by atoms with Crippen molar-refractivity contribution in [1.82, 2.24) is 0 Å². The fourth-order valence-electron chi connectivity index (χ4n) is 2.68. The lowest BCUT2D eigenvalue weighted by atomic mass is 10.2. The third kappa shape index (κ3) is 7.35. The van der Waals surface area contributed by atoms with Crippen molar-refractivity contribution >= 4 is 35.2 Å². The highest BCUT2D eigenvalue weighted by molar-refractivity contribution is 5.97. The van der Waals surface area contributed by atoms with Crippen LogP contribution in [0, 0.1) is 0 Å². The number of methoxy groups -OCH3 is 2. The molecular formula is C23H26N2O7. The number of esters is 1. The van der Waals surface area contributed by atoms with E-state index in [1.54, 1.807) is 42.5 Å². The summed E-state index contributed by atoms with van der Waals surface area (Å²) in [5.41, 5.74) is 1.52. The summed E-state index contributed by atoms with van der Waals surface area (Å²) in [6.45, 7) is 3.25. The van der Waals surface area contributed by atoms with Crippen LogP contribution in [-0.2, 0) is 19.1 Å². The van der Waals surface area contributed by atoms with Gasteiger partial charge in [0.25, 0.3) is 5.91 Å². The minimum absolute atomic E-state index is 0.252. The maximum atomic E-state index is 12.2. The Morgan fingerprint density at radius 1 is 0.938 bits per heavy atom. The lowest BCUT2D eigenvalue weighted by Crippen LogP contribution is -2.20. The second kappa shape index (κ2) is 12.0. The molecule has 0 saturated carbocycles. The number of anilines is 2. The Labute approximate surface area is 186 Å². The van der Waals surface area contributed by atoms with Gasteiger partial charge in [-0.05, 0) is 48.9 Å². The molecule has 9 heteroatoms. The van der Waals surface area contributed by atoms with E-state index in [0.29, 0.717) is 40.8 Å². The van der Waals surface area contributed by atoms with Crippen LogP contribution in [0.3, 0.4) is 0 Å². The summed E-state index contributed by atoms with van der Waals surface area (Å²) in [6.07, 6.45) is 2.75. The maximum absolute atomic E-state index is 12.2. The number of amides is 2. The summed E-state index contributed by atoms with van der Waals surface area (Å²) in [5, 5.41) is 5.20. The highest BCUT2D eigenvalue weighted by atomic mass is 16.5. The summed E-state index contributed by atoms with van der Waals surface area (Å²) in [5.74, 6) is 0.0303. The fraction of sp³-hybridized carbons (Fsp3) is 0.261. The third-order valence-electron chi connectivity index (χ3n) is 4.04. The van der Waals surface area contributed by atoms with Crippen molar-refractivity contribution in [3.8, 4) is 17.2 Å². The van der Waals surface area contributed by atoms with E-state index in [0.717, 1.165) is 0 Å². The molecule has 2 aromatic rings. The number of rotatable bonds is 10. The Kier molecular flexibility index (Phi) is 9.09. The third-order valence-corrected chi connectivity index (χ3v) is 4.04. The molecule has 0 aromatic heterocycles. The van der Waals surface area contributed by atoms with Gasteiger partial charge < -0.3 is 29.6 Å². The summed E-state index contributed by atoms with van der Waals surface area (Å²) in [6, 6.07) is 9.99. The molecule has 0 aliphatic carbocycles. The highest BCUT2D eigenvalue weighted by Gasteiger charge is 2.11. The molecule has 170 valence electrons. The first-order chi connectivity index (χ1) is 15.4. The smallest absolute Gasteiger partial charge is 0.331 e. The number of hydrogen-bond acceptors (Lipinski definition) is 7. The Morgan fingerprint density at radius 3 is 2.31 bits per heavy atom. The minimum Gasteiger partial charge on any atom is -0.495 e. The van der Waals surface area contributed by atoms with Crippen LogP contribution in [0.4, 0.5) is 11.4 Å². The van der Waals surface area contributed by atoms with Crippen molar-refractivity contribution < 1.29 is 33.3 Å². The van der Waals surface area contributed by atoms with Crippen LogP contribution in [0.2, 0.25) is 0 Å². The van der Waals surface area contributed by atoms with Gasteiger partial charge in [-0.15, -0.1) is 0 Å². The standard InChI is InChI=1S/C23H26N2O7/c1-5-31-20-9-6-16(12-21(20)30-4)7-11-23(28)32-14-22(27)25-18-13-17(24-15(2)26)8-10-19(18)29-3/h6-13H,5,14H2,1-4H3,(H,24,26)(H,25,27)/b11-7+. The zero-order valence-corrected chi connectivity index (χ0v) is 18.4. The normalized spacial score (nSPS) is 10.4. The predicted molar refractivity (Wildman–Crippen MR) is 120 cm³/mol. The topological polar surface area (TPSA) is 112 Å². The lowest BCUT2D eigenvalue weighted by molar-refractivity contribution is -0.142. The molecule has 0 saturated heterocycles. The zero-order valence-electron chi connectivity index (χ0n) is 18.4. The van der Waals surface area contributed by atoms with Gasteiger partial charge in [-0.25, -0.2) is 4.79 Å². The van der Waals surface area contributed by atoms with Crippen molar-refractivity contribution in [2.75, 3.05) is 38.1 Å². The summed E-state index contributed by atoms with van der Waals surface area (Å²) in [7, 11) is 2.98. The van der Waals surface area contributed by atoms with Gasteiger partial charge in [0.2, 0.25) is 5.91 Å². The number of carbonyl (C=O) groups excluding carboxylic acids is 3. The van der Waals surface area contributed by atoms with Crippen molar-refractivity contribution in [2.45, 2.75) is 13.8 Å². The molecule has 32 heavy (non-hydrogen) atoms. The van der Waals surface area contributed by atoms with Crippen LogP contribution in [0.15, 0.2) is 42.5 Å². The molecule has 0 spiro atoms. The molecule has 0 radical (unpaired) electrons. The molecule has 0 unspecified atom stereocenters. The number of carbonyl (C=O) groups is 3. The van der Waals surface area contributed by atoms with E-state index in [1.807, 2.05) is 6.92 Å². The molecule has 0 heterocycles. The Balaban J connectivity index is 1.94. The van der Waals surface area contributed by atoms with E-state index in [2.05, 4.69) is 10.6 Å². The monoisotopic (exact) mass is 442 g/mol. The van der Waals surface area contributed by atoms with Crippen LogP contribution in [-0.4, -0.2) is 45.2 Å². The minimum atomic E-state index is -0.688. The average molecular weight is 442 g/mol. The quantitative estimate of drug-likeness (QED) is 0.429. The van der Waals surface area contributed by atoms with Gasteiger partial charge in [0, 0.05) is 18.7 Å². The number of benzene rings is 2. The van der Waals surface area contributed by atoms with Crippen molar-refractivity contribution in [3.05, 3.63) is 48.0 Å². The summed E-state index contributed by atoms with van der Waals surface area (Å²) in [4.78, 5) is 35.4. The lowest BCUT2D eigenvalue weighted by Gasteiger charge is -2.12. The van der Waals surface area contributed by atoms with Gasteiger partial charge >= 0.3 is 5.97 Å².